The Labute approximate surface area is 154 Å². The first-order valence-electron chi connectivity index (χ1n) is 7.99. The van der Waals surface area contributed by atoms with Crippen LogP contribution in [0.5, 0.6) is 0 Å². The molecule has 26 heavy (non-hydrogen) atoms. The Balaban J connectivity index is 1.63. The molecule has 0 aliphatic carbocycles. The van der Waals surface area contributed by atoms with Crippen LogP contribution in [0.15, 0.2) is 66.2 Å². The van der Waals surface area contributed by atoms with Gasteiger partial charge in [0.1, 0.15) is 11.4 Å². The van der Waals surface area contributed by atoms with Crippen LogP contribution < -0.4 is 5.32 Å². The molecule has 2 heterocycles. The van der Waals surface area contributed by atoms with Crippen LogP contribution in [0.1, 0.15) is 10.4 Å². The lowest BCUT2D eigenvalue weighted by Crippen LogP contribution is -2.06. The van der Waals surface area contributed by atoms with E-state index in [0.717, 1.165) is 11.3 Å². The van der Waals surface area contributed by atoms with Crippen LogP contribution >= 0.6 is 11.3 Å². The van der Waals surface area contributed by atoms with Gasteiger partial charge in [0, 0.05) is 17.1 Å². The molecule has 0 spiro atoms. The summed E-state index contributed by atoms with van der Waals surface area (Å²) >= 11 is 1.46. The lowest BCUT2D eigenvalue weighted by molar-refractivity contribution is 0.0601. The van der Waals surface area contributed by atoms with Crippen molar-refractivity contribution in [3.63, 3.8) is 0 Å². The molecule has 0 saturated carbocycles. The molecule has 5 nitrogen and oxygen atoms in total. The maximum absolute atomic E-state index is 11.9. The van der Waals surface area contributed by atoms with Crippen molar-refractivity contribution in [2.75, 3.05) is 12.4 Å². The Morgan fingerprint density at radius 2 is 1.92 bits per heavy atom. The van der Waals surface area contributed by atoms with Gasteiger partial charge in [-0.05, 0) is 29.0 Å². The molecule has 0 amide bonds. The number of esters is 1. The van der Waals surface area contributed by atoms with Crippen LogP contribution in [0.25, 0.3) is 22.0 Å². The second-order valence-electron chi connectivity index (χ2n) is 5.62. The molecule has 0 unspecified atom stereocenters. The second kappa shape index (κ2) is 6.93. The molecular formula is C20H15N3O2S. The van der Waals surface area contributed by atoms with Crippen molar-refractivity contribution in [2.45, 2.75) is 0 Å². The number of ether oxygens (including phenoxy) is 1. The fraction of sp³-hybridized carbons (Fsp3) is 0.0500. The fourth-order valence-electron chi connectivity index (χ4n) is 2.69. The lowest BCUT2D eigenvalue weighted by Gasteiger charge is -2.06. The Kier molecular flexibility index (Phi) is 4.33. The van der Waals surface area contributed by atoms with E-state index in [-0.39, 0.29) is 0 Å². The molecule has 0 fully saturated rings. The SMILES string of the molecule is COC(=O)c1cccnc1Nc1nc(-c2ccc3ccccc3c2)cs1. The Morgan fingerprint density at radius 1 is 1.08 bits per heavy atom. The van der Waals surface area contributed by atoms with E-state index in [9.17, 15) is 4.79 Å². The van der Waals surface area contributed by atoms with Crippen molar-refractivity contribution in [1.29, 1.82) is 0 Å². The monoisotopic (exact) mass is 361 g/mol. The minimum Gasteiger partial charge on any atom is -0.465 e. The number of nitrogens with zero attached hydrogens (tertiary/aromatic N) is 2. The van der Waals surface area contributed by atoms with Gasteiger partial charge in [-0.25, -0.2) is 14.8 Å². The van der Waals surface area contributed by atoms with Gasteiger partial charge >= 0.3 is 5.97 Å². The Bertz CT molecular complexity index is 1090. The summed E-state index contributed by atoms with van der Waals surface area (Å²) in [5.41, 5.74) is 2.29. The quantitative estimate of drug-likeness (QED) is 0.524. The van der Waals surface area contributed by atoms with E-state index in [0.29, 0.717) is 16.5 Å². The number of carbonyl (C=O) groups excluding carboxylic acids is 1. The molecule has 2 aromatic carbocycles. The molecule has 0 saturated heterocycles. The van der Waals surface area contributed by atoms with E-state index in [4.69, 9.17) is 4.74 Å². The number of hydrogen-bond acceptors (Lipinski definition) is 6. The van der Waals surface area contributed by atoms with Crippen LogP contribution in [0.3, 0.4) is 0 Å². The summed E-state index contributed by atoms with van der Waals surface area (Å²) in [4.78, 5) is 20.7. The second-order valence-corrected chi connectivity index (χ2v) is 6.47. The molecule has 6 heteroatoms. The molecule has 128 valence electrons. The summed E-state index contributed by atoms with van der Waals surface area (Å²) in [6.45, 7) is 0. The molecule has 1 N–H and O–H groups in total. The molecule has 0 atom stereocenters. The number of fused-ring (bicyclic) bond motifs is 1. The first kappa shape index (κ1) is 16.2. The number of hydrogen-bond donors (Lipinski definition) is 1. The molecule has 4 aromatic rings. The predicted octanol–water partition coefficient (Wildman–Crippen LogP) is 4.89. The van der Waals surface area contributed by atoms with Crippen molar-refractivity contribution in [2.24, 2.45) is 0 Å². The molecule has 0 bridgehead atoms. The number of aromatic nitrogens is 2. The number of anilines is 2. The Morgan fingerprint density at radius 3 is 2.77 bits per heavy atom. The normalized spacial score (nSPS) is 10.7. The van der Waals surface area contributed by atoms with E-state index in [2.05, 4.69) is 45.6 Å². The minimum atomic E-state index is -0.438. The zero-order valence-corrected chi connectivity index (χ0v) is 14.8. The average Bonchev–Trinajstić information content (AvgIpc) is 3.16. The van der Waals surface area contributed by atoms with Gasteiger partial charge in [-0.1, -0.05) is 36.4 Å². The highest BCUT2D eigenvalue weighted by molar-refractivity contribution is 7.14. The van der Waals surface area contributed by atoms with Gasteiger partial charge in [-0.15, -0.1) is 11.3 Å². The smallest absolute Gasteiger partial charge is 0.341 e. The zero-order chi connectivity index (χ0) is 17.9. The van der Waals surface area contributed by atoms with Gasteiger partial charge in [0.2, 0.25) is 0 Å². The lowest BCUT2D eigenvalue weighted by atomic mass is 10.1. The number of pyridine rings is 1. The Hall–Kier alpha value is -3.25. The standard InChI is InChI=1S/C20H15N3O2S/c1-25-19(24)16-7-4-10-21-18(16)23-20-22-17(12-26-20)15-9-8-13-5-2-3-6-14(13)11-15/h2-12H,1H3,(H,21,22,23). The third-order valence-corrected chi connectivity index (χ3v) is 4.75. The van der Waals surface area contributed by atoms with Crippen LogP contribution in [-0.4, -0.2) is 23.0 Å². The minimum absolute atomic E-state index is 0.373. The van der Waals surface area contributed by atoms with Crippen molar-refractivity contribution >= 4 is 39.0 Å². The van der Waals surface area contributed by atoms with E-state index in [1.165, 1.54) is 29.2 Å². The maximum atomic E-state index is 11.9. The van der Waals surface area contributed by atoms with Gasteiger partial charge < -0.3 is 10.1 Å². The number of benzene rings is 2. The summed E-state index contributed by atoms with van der Waals surface area (Å²) in [7, 11) is 1.35. The number of thiazole rings is 1. The third-order valence-electron chi connectivity index (χ3n) is 3.99. The first-order valence-corrected chi connectivity index (χ1v) is 8.87. The van der Waals surface area contributed by atoms with Gasteiger partial charge in [0.25, 0.3) is 0 Å². The van der Waals surface area contributed by atoms with Crippen LogP contribution in [-0.2, 0) is 4.74 Å². The number of rotatable bonds is 4. The fourth-order valence-corrected chi connectivity index (χ4v) is 3.41. The maximum Gasteiger partial charge on any atom is 0.341 e. The largest absolute Gasteiger partial charge is 0.465 e. The topological polar surface area (TPSA) is 64.1 Å². The van der Waals surface area contributed by atoms with E-state index >= 15 is 0 Å². The highest BCUT2D eigenvalue weighted by Gasteiger charge is 2.14. The summed E-state index contributed by atoms with van der Waals surface area (Å²) in [5.74, 6) is -0.00864. The number of methoxy groups -OCH3 is 1. The van der Waals surface area contributed by atoms with Gasteiger partial charge in [-0.2, -0.15) is 0 Å². The van der Waals surface area contributed by atoms with Gasteiger partial charge in [0.15, 0.2) is 5.13 Å². The van der Waals surface area contributed by atoms with E-state index in [1.807, 2.05) is 17.5 Å². The summed E-state index contributed by atoms with van der Waals surface area (Å²) in [6.07, 6.45) is 1.62. The van der Waals surface area contributed by atoms with Crippen LogP contribution in [0, 0.1) is 0 Å². The summed E-state index contributed by atoms with van der Waals surface area (Å²) in [5, 5.41) is 8.12. The van der Waals surface area contributed by atoms with Crippen molar-refractivity contribution in [3.8, 4) is 11.3 Å². The van der Waals surface area contributed by atoms with Gasteiger partial charge in [0.05, 0.1) is 12.8 Å². The van der Waals surface area contributed by atoms with Crippen molar-refractivity contribution in [1.82, 2.24) is 9.97 Å². The van der Waals surface area contributed by atoms with Gasteiger partial charge in [-0.3, -0.25) is 0 Å². The van der Waals surface area contributed by atoms with Crippen molar-refractivity contribution < 1.29 is 9.53 Å². The zero-order valence-electron chi connectivity index (χ0n) is 14.0. The average molecular weight is 361 g/mol. The highest BCUT2D eigenvalue weighted by atomic mass is 32.1. The first-order chi connectivity index (χ1) is 12.7. The summed E-state index contributed by atoms with van der Waals surface area (Å²) < 4.78 is 4.79. The van der Waals surface area contributed by atoms with Crippen molar-refractivity contribution in [3.05, 3.63) is 71.7 Å². The molecule has 0 aliphatic heterocycles. The number of carbonyl (C=O) groups is 1. The van der Waals surface area contributed by atoms with E-state index < -0.39 is 5.97 Å². The molecule has 0 radical (unpaired) electrons. The number of nitrogens with one attached hydrogen (secondary N) is 1. The predicted molar refractivity (Wildman–Crippen MR) is 104 cm³/mol. The molecule has 0 aliphatic rings. The summed E-state index contributed by atoms with van der Waals surface area (Å²) in [6, 6.07) is 17.8. The highest BCUT2D eigenvalue weighted by Crippen LogP contribution is 2.29. The van der Waals surface area contributed by atoms with Crippen LogP contribution in [0.4, 0.5) is 10.9 Å². The third kappa shape index (κ3) is 3.14. The molecular weight excluding hydrogens is 346 g/mol. The van der Waals surface area contributed by atoms with E-state index in [1.54, 1.807) is 18.3 Å². The molecule has 2 aromatic heterocycles. The molecule has 4 rings (SSSR count). The van der Waals surface area contributed by atoms with Crippen LogP contribution in [0.2, 0.25) is 0 Å².